The number of methoxy groups -OCH3 is 1. The van der Waals surface area contributed by atoms with Crippen LogP contribution in [0.3, 0.4) is 0 Å². The Morgan fingerprint density at radius 1 is 1.05 bits per heavy atom. The highest BCUT2D eigenvalue weighted by Gasteiger charge is 2.29. The van der Waals surface area contributed by atoms with Crippen molar-refractivity contribution in [1.82, 2.24) is 10.2 Å². The Hall–Kier alpha value is -3.07. The summed E-state index contributed by atoms with van der Waals surface area (Å²) in [5.41, 5.74) is 2.46. The molecular weight excluding hydrogens is 502 g/mol. The fraction of sp³-hybridized carbons (Fsp3) is 0.517. The fourth-order valence-corrected chi connectivity index (χ4v) is 5.91. The molecule has 0 bridgehead atoms. The fourth-order valence-electron chi connectivity index (χ4n) is 4.94. The molecule has 3 rings (SSSR count). The maximum Gasteiger partial charge on any atom is 0.242 e. The van der Waals surface area contributed by atoms with Crippen molar-refractivity contribution in [3.8, 4) is 5.75 Å². The molecule has 8 nitrogen and oxygen atoms in total. The summed E-state index contributed by atoms with van der Waals surface area (Å²) >= 11 is 0. The number of ether oxygens (including phenoxy) is 1. The molecule has 1 atom stereocenters. The molecule has 0 aromatic heterocycles. The van der Waals surface area contributed by atoms with E-state index in [1.807, 2.05) is 31.2 Å². The van der Waals surface area contributed by atoms with Gasteiger partial charge in [0.2, 0.25) is 21.8 Å². The predicted molar refractivity (Wildman–Crippen MR) is 151 cm³/mol. The number of hydrogen-bond donors (Lipinski definition) is 1. The predicted octanol–water partition coefficient (Wildman–Crippen LogP) is 4.42. The number of aryl methyl sites for hydroxylation is 1. The van der Waals surface area contributed by atoms with Gasteiger partial charge in [-0.25, -0.2) is 8.42 Å². The number of nitrogens with zero attached hydrogens (tertiary/aromatic N) is 2. The Bertz CT molecular complexity index is 1190. The van der Waals surface area contributed by atoms with E-state index in [9.17, 15) is 18.0 Å². The van der Waals surface area contributed by atoms with E-state index in [1.165, 1.54) is 17.8 Å². The molecule has 9 heteroatoms. The van der Waals surface area contributed by atoms with Gasteiger partial charge in [-0.1, -0.05) is 55.7 Å². The van der Waals surface area contributed by atoms with Crippen molar-refractivity contribution in [2.24, 2.45) is 0 Å². The molecule has 1 fully saturated rings. The molecule has 2 amide bonds. The summed E-state index contributed by atoms with van der Waals surface area (Å²) in [5, 5.41) is 3.15. The van der Waals surface area contributed by atoms with Crippen molar-refractivity contribution in [2.75, 3.05) is 24.2 Å². The van der Waals surface area contributed by atoms with Crippen LogP contribution < -0.4 is 14.4 Å². The van der Waals surface area contributed by atoms with Crippen LogP contribution in [-0.4, -0.2) is 57.1 Å². The molecule has 208 valence electrons. The maximum absolute atomic E-state index is 13.5. The lowest BCUT2D eigenvalue weighted by Crippen LogP contribution is -2.50. The lowest BCUT2D eigenvalue weighted by Gasteiger charge is -2.32. The number of carbonyl (C=O) groups excluding carboxylic acids is 2. The number of hydrogen-bond acceptors (Lipinski definition) is 5. The molecule has 1 aliphatic carbocycles. The Balaban J connectivity index is 1.74. The van der Waals surface area contributed by atoms with Gasteiger partial charge in [0, 0.05) is 25.6 Å². The number of amides is 2. The minimum atomic E-state index is -3.60. The van der Waals surface area contributed by atoms with Gasteiger partial charge in [-0.15, -0.1) is 0 Å². The highest BCUT2D eigenvalue weighted by Crippen LogP contribution is 2.30. The van der Waals surface area contributed by atoms with E-state index in [2.05, 4.69) is 5.32 Å². The molecule has 0 heterocycles. The van der Waals surface area contributed by atoms with Crippen LogP contribution in [0.4, 0.5) is 5.69 Å². The quantitative estimate of drug-likeness (QED) is 0.428. The Morgan fingerprint density at radius 3 is 2.37 bits per heavy atom. The van der Waals surface area contributed by atoms with Crippen molar-refractivity contribution < 1.29 is 22.7 Å². The van der Waals surface area contributed by atoms with Gasteiger partial charge >= 0.3 is 0 Å². The van der Waals surface area contributed by atoms with E-state index < -0.39 is 16.1 Å². The van der Waals surface area contributed by atoms with Gasteiger partial charge in [-0.05, 0) is 56.4 Å². The van der Waals surface area contributed by atoms with E-state index in [0.717, 1.165) is 43.1 Å². The molecule has 0 aliphatic heterocycles. The van der Waals surface area contributed by atoms with Crippen LogP contribution in [0.25, 0.3) is 0 Å². The number of sulfonamides is 1. The standard InChI is InChI=1S/C29H41N3O5S/c1-22-13-8-9-14-24(22)21-31(23(2)29(34)30-25-15-6-5-7-16-25)28(33)19-12-20-32(38(4,35)36)26-17-10-11-18-27(26)37-3/h8-11,13-14,17-18,23,25H,5-7,12,15-16,19-21H2,1-4H3,(H,30,34). The van der Waals surface area contributed by atoms with E-state index in [4.69, 9.17) is 4.74 Å². The normalized spacial score (nSPS) is 14.9. The average molecular weight is 544 g/mol. The van der Waals surface area contributed by atoms with Crippen molar-refractivity contribution in [2.45, 2.75) is 77.4 Å². The zero-order valence-electron chi connectivity index (χ0n) is 23.0. The summed E-state index contributed by atoms with van der Waals surface area (Å²) in [5.74, 6) is 0.108. The van der Waals surface area contributed by atoms with Gasteiger partial charge in [-0.3, -0.25) is 13.9 Å². The van der Waals surface area contributed by atoms with Crippen LogP contribution >= 0.6 is 0 Å². The summed E-state index contributed by atoms with van der Waals surface area (Å²) in [6.45, 7) is 4.19. The molecule has 1 aliphatic rings. The zero-order chi connectivity index (χ0) is 27.7. The monoisotopic (exact) mass is 543 g/mol. The first-order valence-corrected chi connectivity index (χ1v) is 15.2. The zero-order valence-corrected chi connectivity index (χ0v) is 23.8. The molecule has 0 spiro atoms. The number of carbonyl (C=O) groups is 2. The summed E-state index contributed by atoms with van der Waals surface area (Å²) < 4.78 is 31.8. The molecule has 0 saturated heterocycles. The molecular formula is C29H41N3O5S. The highest BCUT2D eigenvalue weighted by atomic mass is 32.2. The first-order chi connectivity index (χ1) is 18.1. The average Bonchev–Trinajstić information content (AvgIpc) is 2.90. The number of rotatable bonds is 12. The lowest BCUT2D eigenvalue weighted by atomic mass is 9.95. The maximum atomic E-state index is 13.5. The van der Waals surface area contributed by atoms with Gasteiger partial charge in [-0.2, -0.15) is 0 Å². The van der Waals surface area contributed by atoms with Crippen LogP contribution in [0.5, 0.6) is 5.75 Å². The highest BCUT2D eigenvalue weighted by molar-refractivity contribution is 7.92. The van der Waals surface area contributed by atoms with Crippen LogP contribution in [0, 0.1) is 6.92 Å². The third-order valence-corrected chi connectivity index (χ3v) is 8.41. The second-order valence-corrected chi connectivity index (χ2v) is 12.0. The van der Waals surface area contributed by atoms with Gasteiger partial charge in [0.25, 0.3) is 0 Å². The second kappa shape index (κ2) is 13.6. The number of benzene rings is 2. The van der Waals surface area contributed by atoms with Gasteiger partial charge in [0.05, 0.1) is 19.1 Å². The van der Waals surface area contributed by atoms with Crippen molar-refractivity contribution in [1.29, 1.82) is 0 Å². The Morgan fingerprint density at radius 2 is 1.71 bits per heavy atom. The van der Waals surface area contributed by atoms with Crippen LogP contribution in [0.1, 0.15) is 63.0 Å². The van der Waals surface area contributed by atoms with Gasteiger partial charge in [0.15, 0.2) is 0 Å². The van der Waals surface area contributed by atoms with Crippen molar-refractivity contribution in [3.63, 3.8) is 0 Å². The summed E-state index contributed by atoms with van der Waals surface area (Å²) in [6, 6.07) is 14.2. The van der Waals surface area contributed by atoms with E-state index in [1.54, 1.807) is 36.1 Å². The topological polar surface area (TPSA) is 96.0 Å². The van der Waals surface area contributed by atoms with Crippen LogP contribution in [-0.2, 0) is 26.2 Å². The van der Waals surface area contributed by atoms with Crippen LogP contribution in [0.15, 0.2) is 48.5 Å². The molecule has 2 aromatic carbocycles. The molecule has 2 aromatic rings. The van der Waals surface area contributed by atoms with E-state index in [-0.39, 0.29) is 30.8 Å². The SMILES string of the molecule is COc1ccccc1N(CCCC(=O)N(Cc1ccccc1C)C(C)C(=O)NC1CCCCC1)S(C)(=O)=O. The van der Waals surface area contributed by atoms with Gasteiger partial charge in [0.1, 0.15) is 11.8 Å². The third-order valence-electron chi connectivity index (χ3n) is 7.23. The minimum absolute atomic E-state index is 0.105. The van der Waals surface area contributed by atoms with E-state index in [0.29, 0.717) is 24.4 Å². The molecule has 38 heavy (non-hydrogen) atoms. The first-order valence-electron chi connectivity index (χ1n) is 13.4. The minimum Gasteiger partial charge on any atom is -0.495 e. The molecule has 1 N–H and O–H groups in total. The largest absolute Gasteiger partial charge is 0.495 e. The van der Waals surface area contributed by atoms with Crippen molar-refractivity contribution in [3.05, 3.63) is 59.7 Å². The lowest BCUT2D eigenvalue weighted by molar-refractivity contribution is -0.141. The van der Waals surface area contributed by atoms with E-state index >= 15 is 0 Å². The number of para-hydroxylation sites is 2. The van der Waals surface area contributed by atoms with Crippen molar-refractivity contribution >= 4 is 27.5 Å². The van der Waals surface area contributed by atoms with Gasteiger partial charge < -0.3 is 15.0 Å². The summed E-state index contributed by atoms with van der Waals surface area (Å²) in [7, 11) is -2.11. The van der Waals surface area contributed by atoms with Crippen LogP contribution in [0.2, 0.25) is 0 Å². The first kappa shape index (κ1) is 29.5. The summed E-state index contributed by atoms with van der Waals surface area (Å²) in [6.07, 6.45) is 6.88. The molecule has 0 radical (unpaired) electrons. The Kier molecular flexibility index (Phi) is 10.6. The smallest absolute Gasteiger partial charge is 0.242 e. The number of anilines is 1. The second-order valence-electron chi connectivity index (χ2n) is 10.1. The third kappa shape index (κ3) is 7.96. The Labute approximate surface area is 227 Å². The number of nitrogens with one attached hydrogen (secondary N) is 1. The molecule has 1 unspecified atom stereocenters. The summed E-state index contributed by atoms with van der Waals surface area (Å²) in [4.78, 5) is 28.4. The molecule has 1 saturated carbocycles.